The molecule has 0 radical (unpaired) electrons. The summed E-state index contributed by atoms with van der Waals surface area (Å²) < 4.78 is 10.5. The van der Waals surface area contributed by atoms with Crippen LogP contribution in [0.5, 0.6) is 0 Å². The summed E-state index contributed by atoms with van der Waals surface area (Å²) in [4.78, 5) is 24.2. The third-order valence-electron chi connectivity index (χ3n) is 5.55. The molecule has 0 heterocycles. The van der Waals surface area contributed by atoms with E-state index in [2.05, 4.69) is 6.92 Å². The molecule has 178 valence electrons. The molecular weight excluding hydrogens is 376 g/mol. The average Bonchev–Trinajstić information content (AvgIpc) is 2.71. The first-order chi connectivity index (χ1) is 14.3. The third kappa shape index (κ3) is 15.7. The molecule has 0 bridgehead atoms. The van der Waals surface area contributed by atoms with Crippen molar-refractivity contribution in [3.8, 4) is 0 Å². The lowest BCUT2D eigenvalue weighted by molar-refractivity contribution is -0.170. The maximum absolute atomic E-state index is 12.2. The molecule has 0 aliphatic heterocycles. The Morgan fingerprint density at radius 2 is 1.00 bits per heavy atom. The van der Waals surface area contributed by atoms with E-state index in [9.17, 15) is 9.59 Å². The van der Waals surface area contributed by atoms with Crippen molar-refractivity contribution in [2.45, 2.75) is 131 Å². The zero-order valence-electron chi connectivity index (χ0n) is 20.7. The number of rotatable bonds is 20. The van der Waals surface area contributed by atoms with Gasteiger partial charge >= 0.3 is 11.9 Å². The summed E-state index contributed by atoms with van der Waals surface area (Å²) >= 11 is 0. The summed E-state index contributed by atoms with van der Waals surface area (Å²) in [5.74, 6) is -0.736. The van der Waals surface area contributed by atoms with Gasteiger partial charge in [-0.05, 0) is 26.2 Å². The molecule has 0 N–H and O–H groups in total. The normalized spacial score (nSPS) is 11.7. The average molecular weight is 427 g/mol. The fourth-order valence-electron chi connectivity index (χ4n) is 3.32. The quantitative estimate of drug-likeness (QED) is 0.114. The zero-order chi connectivity index (χ0) is 22.7. The van der Waals surface area contributed by atoms with Gasteiger partial charge in [0.15, 0.2) is 5.41 Å². The third-order valence-corrected chi connectivity index (χ3v) is 5.55. The van der Waals surface area contributed by atoms with Crippen LogP contribution in [0.15, 0.2) is 0 Å². The van der Waals surface area contributed by atoms with Crippen molar-refractivity contribution < 1.29 is 19.1 Å². The SMILES string of the molecule is CCCCCCCCCCCCCCCCCOC(=O)C(C)(C)C(=O)OCC(C)C. The van der Waals surface area contributed by atoms with Crippen LogP contribution in [0.1, 0.15) is 131 Å². The van der Waals surface area contributed by atoms with E-state index in [0.29, 0.717) is 13.2 Å². The highest BCUT2D eigenvalue weighted by Gasteiger charge is 2.39. The summed E-state index contributed by atoms with van der Waals surface area (Å²) in [7, 11) is 0. The van der Waals surface area contributed by atoms with Crippen LogP contribution in [0.4, 0.5) is 0 Å². The van der Waals surface area contributed by atoms with Crippen molar-refractivity contribution in [3.05, 3.63) is 0 Å². The Balaban J connectivity index is 3.50. The molecule has 0 amide bonds. The van der Waals surface area contributed by atoms with Gasteiger partial charge in [-0.3, -0.25) is 9.59 Å². The molecule has 30 heavy (non-hydrogen) atoms. The lowest BCUT2D eigenvalue weighted by Gasteiger charge is -2.21. The molecule has 4 heteroatoms. The van der Waals surface area contributed by atoms with Crippen LogP contribution < -0.4 is 0 Å². The minimum atomic E-state index is -1.23. The van der Waals surface area contributed by atoms with E-state index in [4.69, 9.17) is 9.47 Å². The molecule has 0 aromatic rings. The molecule has 0 aliphatic carbocycles. The Morgan fingerprint density at radius 3 is 1.40 bits per heavy atom. The lowest BCUT2D eigenvalue weighted by atomic mass is 9.94. The molecule has 0 aliphatic rings. The van der Waals surface area contributed by atoms with Crippen LogP contribution in [0.25, 0.3) is 0 Å². The van der Waals surface area contributed by atoms with Gasteiger partial charge in [0, 0.05) is 0 Å². The number of ether oxygens (including phenoxy) is 2. The van der Waals surface area contributed by atoms with Crippen LogP contribution in [0.3, 0.4) is 0 Å². The first-order valence-electron chi connectivity index (χ1n) is 12.7. The number of hydrogen-bond acceptors (Lipinski definition) is 4. The fraction of sp³-hybridized carbons (Fsp3) is 0.923. The van der Waals surface area contributed by atoms with Gasteiger partial charge in [-0.15, -0.1) is 0 Å². The smallest absolute Gasteiger partial charge is 0.322 e. The fourth-order valence-corrected chi connectivity index (χ4v) is 3.32. The molecule has 0 fully saturated rings. The molecule has 0 rings (SSSR count). The minimum Gasteiger partial charge on any atom is -0.465 e. The highest BCUT2D eigenvalue weighted by molar-refractivity contribution is 5.99. The maximum Gasteiger partial charge on any atom is 0.322 e. The molecule has 0 saturated heterocycles. The molecule has 4 nitrogen and oxygen atoms in total. The van der Waals surface area contributed by atoms with E-state index < -0.39 is 17.4 Å². The molecule has 0 atom stereocenters. The summed E-state index contributed by atoms with van der Waals surface area (Å²) in [6, 6.07) is 0. The molecule has 0 spiro atoms. The van der Waals surface area contributed by atoms with Crippen molar-refractivity contribution in [2.24, 2.45) is 11.3 Å². The lowest BCUT2D eigenvalue weighted by Crippen LogP contribution is -2.37. The Bertz CT molecular complexity index is 429. The van der Waals surface area contributed by atoms with E-state index in [1.54, 1.807) is 13.8 Å². The van der Waals surface area contributed by atoms with Crippen molar-refractivity contribution in [1.29, 1.82) is 0 Å². The van der Waals surface area contributed by atoms with Crippen LogP contribution in [-0.4, -0.2) is 25.2 Å². The zero-order valence-corrected chi connectivity index (χ0v) is 20.7. The van der Waals surface area contributed by atoms with E-state index in [-0.39, 0.29) is 5.92 Å². The van der Waals surface area contributed by atoms with Gasteiger partial charge in [-0.25, -0.2) is 0 Å². The largest absolute Gasteiger partial charge is 0.465 e. The van der Waals surface area contributed by atoms with Gasteiger partial charge in [-0.1, -0.05) is 111 Å². The first-order valence-corrected chi connectivity index (χ1v) is 12.7. The Morgan fingerprint density at radius 1 is 0.633 bits per heavy atom. The van der Waals surface area contributed by atoms with E-state index >= 15 is 0 Å². The monoisotopic (exact) mass is 426 g/mol. The molecule has 0 aromatic heterocycles. The van der Waals surface area contributed by atoms with Gasteiger partial charge in [0.25, 0.3) is 0 Å². The molecule has 0 aromatic carbocycles. The van der Waals surface area contributed by atoms with E-state index in [1.165, 1.54) is 83.5 Å². The molecule has 0 saturated carbocycles. The van der Waals surface area contributed by atoms with E-state index in [1.807, 2.05) is 13.8 Å². The number of esters is 2. The van der Waals surface area contributed by atoms with Gasteiger partial charge in [0.1, 0.15) is 0 Å². The molecular formula is C26H50O4. The first kappa shape index (κ1) is 28.9. The van der Waals surface area contributed by atoms with Crippen molar-refractivity contribution >= 4 is 11.9 Å². The second-order valence-corrected chi connectivity index (χ2v) is 9.70. The Labute approximate surface area is 186 Å². The topological polar surface area (TPSA) is 52.6 Å². The predicted molar refractivity (Wildman–Crippen MR) is 125 cm³/mol. The van der Waals surface area contributed by atoms with Crippen molar-refractivity contribution in [2.75, 3.05) is 13.2 Å². The standard InChI is InChI=1S/C26H50O4/c1-6-7-8-9-10-11-12-13-14-15-16-17-18-19-20-21-29-24(27)26(4,5)25(28)30-22-23(2)3/h23H,6-22H2,1-5H3. The van der Waals surface area contributed by atoms with E-state index in [0.717, 1.165) is 12.8 Å². The van der Waals surface area contributed by atoms with Gasteiger partial charge < -0.3 is 9.47 Å². The number of hydrogen-bond donors (Lipinski definition) is 0. The number of unbranched alkanes of at least 4 members (excludes halogenated alkanes) is 14. The second-order valence-electron chi connectivity index (χ2n) is 9.70. The minimum absolute atomic E-state index is 0.251. The second kappa shape index (κ2) is 18.7. The highest BCUT2D eigenvalue weighted by atomic mass is 16.6. The summed E-state index contributed by atoms with van der Waals surface area (Å²) in [6.07, 6.45) is 19.6. The maximum atomic E-state index is 12.2. The van der Waals surface area contributed by atoms with Gasteiger partial charge in [0.05, 0.1) is 13.2 Å². The Hall–Kier alpha value is -1.06. The van der Waals surface area contributed by atoms with Gasteiger partial charge in [-0.2, -0.15) is 0 Å². The van der Waals surface area contributed by atoms with Crippen molar-refractivity contribution in [3.63, 3.8) is 0 Å². The van der Waals surface area contributed by atoms with Crippen LogP contribution in [0.2, 0.25) is 0 Å². The summed E-state index contributed by atoms with van der Waals surface area (Å²) in [6.45, 7) is 10.1. The number of carbonyl (C=O) groups excluding carboxylic acids is 2. The summed E-state index contributed by atoms with van der Waals surface area (Å²) in [5, 5.41) is 0. The van der Waals surface area contributed by atoms with Crippen LogP contribution in [0, 0.1) is 11.3 Å². The predicted octanol–water partition coefficient (Wildman–Crippen LogP) is 7.63. The summed E-state index contributed by atoms with van der Waals surface area (Å²) in [5.41, 5.74) is -1.23. The van der Waals surface area contributed by atoms with Crippen LogP contribution in [-0.2, 0) is 19.1 Å². The van der Waals surface area contributed by atoms with Crippen LogP contribution >= 0.6 is 0 Å². The Kier molecular flexibility index (Phi) is 18.0. The molecule has 0 unspecified atom stereocenters. The highest BCUT2D eigenvalue weighted by Crippen LogP contribution is 2.20. The number of carbonyl (C=O) groups is 2. The van der Waals surface area contributed by atoms with Crippen molar-refractivity contribution in [1.82, 2.24) is 0 Å². The van der Waals surface area contributed by atoms with Gasteiger partial charge in [0.2, 0.25) is 0 Å².